The molecule has 128 valence electrons. The summed E-state index contributed by atoms with van der Waals surface area (Å²) in [6, 6.07) is 12.4. The van der Waals surface area contributed by atoms with Crippen LogP contribution in [0.25, 0.3) is 0 Å². The first-order valence-electron chi connectivity index (χ1n) is 7.56. The lowest BCUT2D eigenvalue weighted by molar-refractivity contribution is 0.586. The molecule has 0 unspecified atom stereocenters. The summed E-state index contributed by atoms with van der Waals surface area (Å²) in [6.45, 7) is 2.33. The van der Waals surface area contributed by atoms with E-state index in [1.54, 1.807) is 25.1 Å². The third-order valence-electron chi connectivity index (χ3n) is 3.41. The molecule has 2 aromatic carbocycles. The quantitative estimate of drug-likeness (QED) is 0.666. The van der Waals surface area contributed by atoms with E-state index >= 15 is 0 Å². The van der Waals surface area contributed by atoms with Gasteiger partial charge in [0.15, 0.2) is 0 Å². The molecule has 1 heterocycles. The monoisotopic (exact) mass is 360 g/mol. The lowest BCUT2D eigenvalue weighted by atomic mass is 10.2. The van der Waals surface area contributed by atoms with Gasteiger partial charge in [0.2, 0.25) is 5.95 Å². The lowest BCUT2D eigenvalue weighted by Crippen LogP contribution is -2.06. The van der Waals surface area contributed by atoms with Crippen LogP contribution < -0.4 is 10.6 Å². The zero-order valence-corrected chi connectivity index (χ0v) is 14.1. The molecule has 3 rings (SSSR count). The van der Waals surface area contributed by atoms with Gasteiger partial charge >= 0.3 is 0 Å². The van der Waals surface area contributed by atoms with E-state index in [-0.39, 0.29) is 5.69 Å². The Balaban J connectivity index is 1.74. The van der Waals surface area contributed by atoms with E-state index in [1.165, 1.54) is 12.1 Å². The molecule has 0 aliphatic rings. The molecule has 0 saturated carbocycles. The van der Waals surface area contributed by atoms with Crippen molar-refractivity contribution < 1.29 is 8.78 Å². The summed E-state index contributed by atoms with van der Waals surface area (Å²) in [5, 5.41) is 6.62. The Kier molecular flexibility index (Phi) is 5.09. The van der Waals surface area contributed by atoms with Crippen molar-refractivity contribution >= 4 is 29.1 Å². The minimum atomic E-state index is -0.688. The van der Waals surface area contributed by atoms with Gasteiger partial charge in [-0.2, -0.15) is 4.98 Å². The summed E-state index contributed by atoms with van der Waals surface area (Å²) in [5.41, 5.74) is 1.87. The largest absolute Gasteiger partial charge is 0.350 e. The van der Waals surface area contributed by atoms with Crippen LogP contribution in [0.2, 0.25) is 5.02 Å². The fraction of sp³-hybridized carbons (Fsp3) is 0.111. The summed E-state index contributed by atoms with van der Waals surface area (Å²) >= 11 is 5.86. The van der Waals surface area contributed by atoms with Gasteiger partial charge in [-0.3, -0.25) is 0 Å². The molecule has 0 amide bonds. The number of hydrogen-bond donors (Lipinski definition) is 2. The number of aryl methyl sites for hydroxylation is 1. The van der Waals surface area contributed by atoms with E-state index in [9.17, 15) is 8.78 Å². The van der Waals surface area contributed by atoms with Crippen LogP contribution in [0.4, 0.5) is 26.2 Å². The van der Waals surface area contributed by atoms with Crippen LogP contribution >= 0.6 is 11.6 Å². The second kappa shape index (κ2) is 7.44. The molecule has 7 heteroatoms. The lowest BCUT2D eigenvalue weighted by Gasteiger charge is -2.11. The molecule has 0 radical (unpaired) electrons. The third kappa shape index (κ3) is 4.64. The van der Waals surface area contributed by atoms with E-state index in [0.29, 0.717) is 29.0 Å². The summed E-state index contributed by atoms with van der Waals surface area (Å²) < 4.78 is 26.8. The topological polar surface area (TPSA) is 49.8 Å². The van der Waals surface area contributed by atoms with Crippen molar-refractivity contribution in [3.05, 3.63) is 76.4 Å². The Hall–Kier alpha value is -2.73. The van der Waals surface area contributed by atoms with E-state index in [1.807, 2.05) is 12.1 Å². The second-order valence-electron chi connectivity index (χ2n) is 5.45. The summed E-state index contributed by atoms with van der Waals surface area (Å²) in [5.74, 6) is -0.504. The Morgan fingerprint density at radius 2 is 1.76 bits per heavy atom. The molecule has 0 aliphatic heterocycles. The second-order valence-corrected chi connectivity index (χ2v) is 5.88. The van der Waals surface area contributed by atoms with Gasteiger partial charge < -0.3 is 10.6 Å². The van der Waals surface area contributed by atoms with Crippen molar-refractivity contribution in [2.24, 2.45) is 0 Å². The molecule has 0 atom stereocenters. The molecule has 4 nitrogen and oxygen atoms in total. The zero-order chi connectivity index (χ0) is 17.8. The summed E-state index contributed by atoms with van der Waals surface area (Å²) in [4.78, 5) is 8.61. The number of hydrogen-bond acceptors (Lipinski definition) is 4. The predicted molar refractivity (Wildman–Crippen MR) is 95.2 cm³/mol. The number of aromatic nitrogens is 2. The minimum absolute atomic E-state index is 0.142. The molecule has 0 aliphatic carbocycles. The Morgan fingerprint density at radius 1 is 1.00 bits per heavy atom. The average Bonchev–Trinajstić information content (AvgIpc) is 2.56. The highest BCUT2D eigenvalue weighted by atomic mass is 35.5. The predicted octanol–water partition coefficient (Wildman–Crippen LogP) is 5.07. The van der Waals surface area contributed by atoms with Gasteiger partial charge in [-0.15, -0.1) is 0 Å². The van der Waals surface area contributed by atoms with Crippen molar-refractivity contribution in [3.8, 4) is 0 Å². The van der Waals surface area contributed by atoms with Crippen LogP contribution in [-0.2, 0) is 6.54 Å². The molecule has 0 fully saturated rings. The molecule has 3 aromatic rings. The molecular formula is C18H15ClF2N4. The van der Waals surface area contributed by atoms with Crippen LogP contribution in [-0.4, -0.2) is 9.97 Å². The maximum Gasteiger partial charge on any atom is 0.225 e. The first-order chi connectivity index (χ1) is 12.0. The Bertz CT molecular complexity index is 885. The molecular weight excluding hydrogens is 346 g/mol. The Morgan fingerprint density at radius 3 is 2.48 bits per heavy atom. The van der Waals surface area contributed by atoms with Crippen LogP contribution in [0.5, 0.6) is 0 Å². The smallest absolute Gasteiger partial charge is 0.225 e. The van der Waals surface area contributed by atoms with Crippen LogP contribution in [0.15, 0.2) is 48.5 Å². The van der Waals surface area contributed by atoms with Gasteiger partial charge in [-0.25, -0.2) is 13.8 Å². The zero-order valence-electron chi connectivity index (χ0n) is 13.4. The SMILES string of the molecule is Cc1cc(Nc2ccc(F)cc2F)nc(NCc2ccc(Cl)cc2)n1. The van der Waals surface area contributed by atoms with Crippen LogP contribution in [0.1, 0.15) is 11.3 Å². The highest BCUT2D eigenvalue weighted by Crippen LogP contribution is 2.21. The van der Waals surface area contributed by atoms with Crippen molar-refractivity contribution in [2.75, 3.05) is 10.6 Å². The first-order valence-corrected chi connectivity index (χ1v) is 7.93. The summed E-state index contributed by atoms with van der Waals surface area (Å²) in [7, 11) is 0. The van der Waals surface area contributed by atoms with Gasteiger partial charge in [0, 0.05) is 29.4 Å². The minimum Gasteiger partial charge on any atom is -0.350 e. The molecule has 25 heavy (non-hydrogen) atoms. The number of nitrogens with zero attached hydrogens (tertiary/aromatic N) is 2. The number of anilines is 3. The van der Waals surface area contributed by atoms with Gasteiger partial charge in [0.05, 0.1) is 5.69 Å². The highest BCUT2D eigenvalue weighted by molar-refractivity contribution is 6.30. The maximum absolute atomic E-state index is 13.8. The van der Waals surface area contributed by atoms with E-state index in [4.69, 9.17) is 11.6 Å². The maximum atomic E-state index is 13.8. The number of nitrogens with one attached hydrogen (secondary N) is 2. The highest BCUT2D eigenvalue weighted by Gasteiger charge is 2.07. The van der Waals surface area contributed by atoms with Gasteiger partial charge in [0.1, 0.15) is 17.5 Å². The van der Waals surface area contributed by atoms with Gasteiger partial charge in [-0.05, 0) is 36.8 Å². The molecule has 0 spiro atoms. The number of halogens is 3. The third-order valence-corrected chi connectivity index (χ3v) is 3.66. The van der Waals surface area contributed by atoms with Crippen molar-refractivity contribution in [1.29, 1.82) is 0 Å². The van der Waals surface area contributed by atoms with E-state index in [2.05, 4.69) is 20.6 Å². The molecule has 0 bridgehead atoms. The standard InChI is InChI=1S/C18H15ClF2N4/c1-11-8-17(24-16-7-6-14(20)9-15(16)21)25-18(23-11)22-10-12-2-4-13(19)5-3-12/h2-9H,10H2,1H3,(H2,22,23,24,25). The first kappa shape index (κ1) is 17.1. The van der Waals surface area contributed by atoms with E-state index < -0.39 is 11.6 Å². The molecule has 1 aromatic heterocycles. The van der Waals surface area contributed by atoms with Crippen molar-refractivity contribution in [2.45, 2.75) is 13.5 Å². The molecule has 2 N–H and O–H groups in total. The fourth-order valence-corrected chi connectivity index (χ4v) is 2.35. The molecule has 0 saturated heterocycles. The normalized spacial score (nSPS) is 10.6. The van der Waals surface area contributed by atoms with Crippen molar-refractivity contribution in [3.63, 3.8) is 0 Å². The number of benzene rings is 2. The van der Waals surface area contributed by atoms with E-state index in [0.717, 1.165) is 11.6 Å². The van der Waals surface area contributed by atoms with Crippen molar-refractivity contribution in [1.82, 2.24) is 9.97 Å². The average molecular weight is 361 g/mol. The van der Waals surface area contributed by atoms with Gasteiger partial charge in [-0.1, -0.05) is 23.7 Å². The Labute approximate surface area is 148 Å². The number of rotatable bonds is 5. The van der Waals surface area contributed by atoms with Crippen LogP contribution in [0.3, 0.4) is 0 Å². The summed E-state index contributed by atoms with van der Waals surface area (Å²) in [6.07, 6.45) is 0. The van der Waals surface area contributed by atoms with Gasteiger partial charge in [0.25, 0.3) is 0 Å². The van der Waals surface area contributed by atoms with Crippen LogP contribution in [0, 0.1) is 18.6 Å². The fourth-order valence-electron chi connectivity index (χ4n) is 2.22.